The molecule has 0 bridgehead atoms. The molecule has 0 aliphatic rings. The molecule has 4 amide bonds. The van der Waals surface area contributed by atoms with E-state index in [4.69, 9.17) is 0 Å². The molecule has 0 aromatic heterocycles. The monoisotopic (exact) mass is 766 g/mol. The maximum atomic E-state index is 12.9. The Balaban J connectivity index is 1.87. The molecular formula is C30H38N8O12S2. The lowest BCUT2D eigenvalue weighted by Gasteiger charge is -2.20. The van der Waals surface area contributed by atoms with E-state index in [0.717, 1.165) is 36.4 Å². The number of hydrogen-bond acceptors (Lipinski definition) is 14. The zero-order chi connectivity index (χ0) is 39.1. The molecule has 4 N–H and O–H groups in total. The van der Waals surface area contributed by atoms with Crippen LogP contribution in [-0.4, -0.2) is 80.0 Å². The summed E-state index contributed by atoms with van der Waals surface area (Å²) in [6.07, 6.45) is 0.444. The standard InChI is InChI=1S/C30H38N8O12S2/c1-17(2)9-25(33-27(39)19-11-21(35(43)44)15-22(12-19)36(45)46)29(41)31-5-7-51-52-8-6-32-30(42)26(10-18(3)4)34-28(40)20-13-23(37(47)48)16-24(14-20)38(49)50/h11-18,25-26H,5-10H2,1-4H3,(H,31,41)(H,32,42)(H,33,39)(H,34,40)/t25-,26-/m0/s1. The van der Waals surface area contributed by atoms with Gasteiger partial charge in [-0.15, -0.1) is 0 Å². The van der Waals surface area contributed by atoms with E-state index in [9.17, 15) is 59.6 Å². The Morgan fingerprint density at radius 2 is 0.846 bits per heavy atom. The largest absolute Gasteiger partial charge is 0.353 e. The smallest absolute Gasteiger partial charge is 0.277 e. The number of carbonyl (C=O) groups is 4. The van der Waals surface area contributed by atoms with Gasteiger partial charge in [0.2, 0.25) is 11.8 Å². The lowest BCUT2D eigenvalue weighted by molar-refractivity contribution is -0.394. The summed E-state index contributed by atoms with van der Waals surface area (Å²) < 4.78 is 0. The summed E-state index contributed by atoms with van der Waals surface area (Å²) in [5.74, 6) is -2.01. The third-order valence-corrected chi connectivity index (χ3v) is 9.29. The number of carbonyl (C=O) groups excluding carboxylic acids is 4. The fraction of sp³-hybridized carbons (Fsp3) is 0.467. The van der Waals surface area contributed by atoms with Crippen molar-refractivity contribution >= 4 is 68.0 Å². The van der Waals surface area contributed by atoms with E-state index in [2.05, 4.69) is 21.3 Å². The Kier molecular flexibility index (Phi) is 16.8. The number of nitrogens with one attached hydrogen (secondary N) is 4. The first-order valence-corrected chi connectivity index (χ1v) is 18.2. The van der Waals surface area contributed by atoms with Gasteiger partial charge in [0.05, 0.1) is 43.0 Å². The first kappa shape index (κ1) is 42.8. The molecule has 0 heterocycles. The molecule has 282 valence electrons. The molecule has 22 heteroatoms. The lowest BCUT2D eigenvalue weighted by Crippen LogP contribution is -2.48. The molecule has 0 radical (unpaired) electrons. The predicted octanol–water partition coefficient (Wildman–Crippen LogP) is 3.92. The van der Waals surface area contributed by atoms with Crippen LogP contribution < -0.4 is 21.3 Å². The minimum Gasteiger partial charge on any atom is -0.353 e. The van der Waals surface area contributed by atoms with Crippen molar-refractivity contribution in [3.8, 4) is 0 Å². The minimum atomic E-state index is -1.02. The molecule has 20 nitrogen and oxygen atoms in total. The lowest BCUT2D eigenvalue weighted by atomic mass is 10.0. The summed E-state index contributed by atoms with van der Waals surface area (Å²) in [7, 11) is 2.76. The van der Waals surface area contributed by atoms with E-state index in [1.807, 2.05) is 27.7 Å². The van der Waals surface area contributed by atoms with Crippen LogP contribution in [0.3, 0.4) is 0 Å². The van der Waals surface area contributed by atoms with Crippen LogP contribution in [0, 0.1) is 52.3 Å². The Hall–Kier alpha value is -5.38. The van der Waals surface area contributed by atoms with Gasteiger partial charge in [0.15, 0.2) is 0 Å². The van der Waals surface area contributed by atoms with Crippen molar-refractivity contribution in [2.24, 2.45) is 11.8 Å². The number of non-ortho nitro benzene ring substituents is 4. The SMILES string of the molecule is CC(C)C[C@H](NC(=O)c1cc([N+](=O)[O-])cc([N+](=O)[O-])c1)C(=O)NCCSSCCNC(=O)[C@H](CC(C)C)NC(=O)c1cc([N+](=O)[O-])cc([N+](=O)[O-])c1. The average molecular weight is 767 g/mol. The summed E-state index contributed by atoms with van der Waals surface area (Å²) in [6, 6.07) is 2.96. The number of nitro groups is 4. The van der Waals surface area contributed by atoms with Gasteiger partial charge in [-0.25, -0.2) is 0 Å². The minimum absolute atomic E-state index is 0.0367. The van der Waals surface area contributed by atoms with Crippen molar-refractivity contribution in [2.45, 2.75) is 52.6 Å². The maximum Gasteiger partial charge on any atom is 0.277 e. The Labute approximate surface area is 304 Å². The summed E-state index contributed by atoms with van der Waals surface area (Å²) >= 11 is 0. The second-order valence-electron chi connectivity index (χ2n) is 12.0. The molecule has 0 saturated heterocycles. The van der Waals surface area contributed by atoms with Gasteiger partial charge in [0.25, 0.3) is 34.6 Å². The molecule has 0 saturated carbocycles. The Morgan fingerprint density at radius 1 is 0.558 bits per heavy atom. The van der Waals surface area contributed by atoms with Gasteiger partial charge in [-0.3, -0.25) is 59.6 Å². The van der Waals surface area contributed by atoms with Gasteiger partial charge in [-0.05, 0) is 24.7 Å². The quantitative estimate of drug-likeness (QED) is 0.0606. The van der Waals surface area contributed by atoms with E-state index >= 15 is 0 Å². The number of nitro benzene ring substituents is 4. The summed E-state index contributed by atoms with van der Waals surface area (Å²) in [6.45, 7) is 7.68. The molecule has 0 aliphatic carbocycles. The highest BCUT2D eigenvalue weighted by atomic mass is 33.1. The number of rotatable bonds is 21. The first-order chi connectivity index (χ1) is 24.4. The highest BCUT2D eigenvalue weighted by Gasteiger charge is 2.27. The van der Waals surface area contributed by atoms with Crippen molar-refractivity contribution in [1.82, 2.24) is 21.3 Å². The van der Waals surface area contributed by atoms with E-state index in [1.54, 1.807) is 0 Å². The topological polar surface area (TPSA) is 289 Å². The first-order valence-electron chi connectivity index (χ1n) is 15.7. The molecule has 0 unspecified atom stereocenters. The van der Waals surface area contributed by atoms with Gasteiger partial charge in [0, 0.05) is 48.9 Å². The second-order valence-corrected chi connectivity index (χ2v) is 14.7. The van der Waals surface area contributed by atoms with Crippen LogP contribution in [0.5, 0.6) is 0 Å². The van der Waals surface area contributed by atoms with E-state index in [-0.39, 0.29) is 48.9 Å². The van der Waals surface area contributed by atoms with Gasteiger partial charge in [0.1, 0.15) is 12.1 Å². The molecule has 0 aliphatic heterocycles. The van der Waals surface area contributed by atoms with Crippen molar-refractivity contribution in [3.63, 3.8) is 0 Å². The van der Waals surface area contributed by atoms with E-state index in [0.29, 0.717) is 11.5 Å². The zero-order valence-corrected chi connectivity index (χ0v) is 30.2. The van der Waals surface area contributed by atoms with E-state index < -0.39 is 78.2 Å². The molecule has 2 rings (SSSR count). The molecular weight excluding hydrogens is 729 g/mol. The van der Waals surface area contributed by atoms with Crippen LogP contribution in [-0.2, 0) is 9.59 Å². The summed E-state index contributed by atoms with van der Waals surface area (Å²) in [5, 5.41) is 55.2. The molecule has 2 aromatic rings. The molecule has 0 spiro atoms. The molecule has 0 fully saturated rings. The molecule has 2 aromatic carbocycles. The van der Waals surface area contributed by atoms with Crippen LogP contribution in [0.15, 0.2) is 36.4 Å². The number of nitrogens with zero attached hydrogens (tertiary/aromatic N) is 4. The molecule has 52 heavy (non-hydrogen) atoms. The van der Waals surface area contributed by atoms with Gasteiger partial charge in [-0.2, -0.15) is 0 Å². The summed E-state index contributed by atoms with van der Waals surface area (Å²) in [5.41, 5.74) is -3.26. The second kappa shape index (κ2) is 20.5. The van der Waals surface area contributed by atoms with Crippen molar-refractivity contribution in [3.05, 3.63) is 88.0 Å². The fourth-order valence-electron chi connectivity index (χ4n) is 4.56. The zero-order valence-electron chi connectivity index (χ0n) is 28.5. The number of amides is 4. The van der Waals surface area contributed by atoms with Crippen molar-refractivity contribution in [2.75, 3.05) is 24.6 Å². The Bertz CT molecular complexity index is 1510. The normalized spacial score (nSPS) is 12.0. The molecule has 2 atom stereocenters. The van der Waals surface area contributed by atoms with Crippen molar-refractivity contribution in [1.29, 1.82) is 0 Å². The van der Waals surface area contributed by atoms with Crippen LogP contribution in [0.2, 0.25) is 0 Å². The van der Waals surface area contributed by atoms with Crippen LogP contribution in [0.4, 0.5) is 22.7 Å². The van der Waals surface area contributed by atoms with Gasteiger partial charge < -0.3 is 21.3 Å². The maximum absolute atomic E-state index is 12.9. The third kappa shape index (κ3) is 14.1. The highest BCUT2D eigenvalue weighted by Crippen LogP contribution is 2.24. The van der Waals surface area contributed by atoms with Gasteiger partial charge in [-0.1, -0.05) is 49.3 Å². The van der Waals surface area contributed by atoms with Crippen LogP contribution in [0.25, 0.3) is 0 Å². The van der Waals surface area contributed by atoms with Crippen LogP contribution >= 0.6 is 21.6 Å². The average Bonchev–Trinajstić information content (AvgIpc) is 3.07. The predicted molar refractivity (Wildman–Crippen MR) is 192 cm³/mol. The fourth-order valence-corrected chi connectivity index (χ4v) is 6.37. The Morgan fingerprint density at radius 3 is 1.10 bits per heavy atom. The van der Waals surface area contributed by atoms with Crippen LogP contribution in [0.1, 0.15) is 61.3 Å². The summed E-state index contributed by atoms with van der Waals surface area (Å²) in [4.78, 5) is 92.9. The van der Waals surface area contributed by atoms with E-state index in [1.165, 1.54) is 21.6 Å². The van der Waals surface area contributed by atoms with Crippen molar-refractivity contribution < 1.29 is 38.9 Å². The third-order valence-electron chi connectivity index (χ3n) is 6.88. The number of benzene rings is 2. The highest BCUT2D eigenvalue weighted by molar-refractivity contribution is 8.76. The number of hydrogen-bond donors (Lipinski definition) is 4. The van der Waals surface area contributed by atoms with Gasteiger partial charge >= 0.3 is 0 Å².